The summed E-state index contributed by atoms with van der Waals surface area (Å²) in [4.78, 5) is 1.26. The third-order valence-corrected chi connectivity index (χ3v) is 4.49. The maximum Gasteiger partial charge on any atom is 0.158 e. The van der Waals surface area contributed by atoms with E-state index in [4.69, 9.17) is 0 Å². The second kappa shape index (κ2) is 5.52. The van der Waals surface area contributed by atoms with E-state index in [1.165, 1.54) is 10.4 Å². The van der Waals surface area contributed by atoms with Gasteiger partial charge < -0.3 is 5.32 Å². The molecule has 3 nitrogen and oxygen atoms in total. The third kappa shape index (κ3) is 2.66. The Bertz CT molecular complexity index is 448. The Hall–Kier alpha value is -0.780. The SMILES string of the molecule is CNCCCc1nnc(-c2sccc2C)s1. The lowest BCUT2D eigenvalue weighted by Gasteiger charge is -1.94. The van der Waals surface area contributed by atoms with Crippen LogP contribution in [0.4, 0.5) is 0 Å². The first-order valence-electron chi connectivity index (χ1n) is 5.32. The molecular weight excluding hydrogens is 238 g/mol. The van der Waals surface area contributed by atoms with E-state index in [9.17, 15) is 0 Å². The molecule has 0 spiro atoms. The molecule has 0 atom stereocenters. The van der Waals surface area contributed by atoms with Gasteiger partial charge in [0, 0.05) is 6.42 Å². The highest BCUT2D eigenvalue weighted by Crippen LogP contribution is 2.31. The van der Waals surface area contributed by atoms with Gasteiger partial charge in [0.25, 0.3) is 0 Å². The molecule has 0 fully saturated rings. The fourth-order valence-corrected chi connectivity index (χ4v) is 3.41. The van der Waals surface area contributed by atoms with Crippen molar-refractivity contribution >= 4 is 22.7 Å². The number of hydrogen-bond donors (Lipinski definition) is 1. The summed E-state index contributed by atoms with van der Waals surface area (Å²) in [5.41, 5.74) is 1.29. The van der Waals surface area contributed by atoms with Gasteiger partial charge in [0.2, 0.25) is 0 Å². The van der Waals surface area contributed by atoms with E-state index < -0.39 is 0 Å². The largest absolute Gasteiger partial charge is 0.320 e. The summed E-state index contributed by atoms with van der Waals surface area (Å²) in [5.74, 6) is 0. The van der Waals surface area contributed by atoms with Gasteiger partial charge in [-0.2, -0.15) is 0 Å². The summed E-state index contributed by atoms with van der Waals surface area (Å²) in [7, 11) is 1.97. The second-order valence-electron chi connectivity index (χ2n) is 3.64. The number of thiophene rings is 1. The van der Waals surface area contributed by atoms with Crippen molar-refractivity contribution in [3.8, 4) is 9.88 Å². The van der Waals surface area contributed by atoms with Gasteiger partial charge in [-0.15, -0.1) is 21.5 Å². The van der Waals surface area contributed by atoms with Crippen LogP contribution in [0, 0.1) is 6.92 Å². The maximum absolute atomic E-state index is 4.26. The van der Waals surface area contributed by atoms with Gasteiger partial charge in [0.15, 0.2) is 5.01 Å². The van der Waals surface area contributed by atoms with Crippen LogP contribution in [0.15, 0.2) is 11.4 Å². The number of nitrogens with one attached hydrogen (secondary N) is 1. The third-order valence-electron chi connectivity index (χ3n) is 2.34. The van der Waals surface area contributed by atoms with E-state index in [-0.39, 0.29) is 0 Å². The van der Waals surface area contributed by atoms with Gasteiger partial charge in [0.05, 0.1) is 4.88 Å². The van der Waals surface area contributed by atoms with E-state index >= 15 is 0 Å². The molecule has 0 amide bonds. The van der Waals surface area contributed by atoms with Crippen LogP contribution in [0.25, 0.3) is 9.88 Å². The zero-order valence-electron chi connectivity index (χ0n) is 9.49. The molecule has 2 aromatic rings. The zero-order chi connectivity index (χ0) is 11.4. The van der Waals surface area contributed by atoms with Crippen LogP contribution in [-0.4, -0.2) is 23.8 Å². The summed E-state index contributed by atoms with van der Waals surface area (Å²) in [5, 5.41) is 15.9. The lowest BCUT2D eigenvalue weighted by Crippen LogP contribution is -2.08. The van der Waals surface area contributed by atoms with Crippen LogP contribution in [0.5, 0.6) is 0 Å². The Labute approximate surface area is 104 Å². The average Bonchev–Trinajstić information content (AvgIpc) is 2.87. The molecule has 2 heterocycles. The highest BCUT2D eigenvalue weighted by molar-refractivity contribution is 7.20. The molecule has 0 aliphatic heterocycles. The van der Waals surface area contributed by atoms with E-state index in [0.717, 1.165) is 29.4 Å². The average molecular weight is 253 g/mol. The van der Waals surface area contributed by atoms with Crippen molar-refractivity contribution in [1.82, 2.24) is 15.5 Å². The van der Waals surface area contributed by atoms with Crippen LogP contribution in [-0.2, 0) is 6.42 Å². The van der Waals surface area contributed by atoms with Gasteiger partial charge >= 0.3 is 0 Å². The normalized spacial score (nSPS) is 10.9. The number of aryl methyl sites for hydroxylation is 2. The van der Waals surface area contributed by atoms with Gasteiger partial charge in [-0.1, -0.05) is 11.3 Å². The van der Waals surface area contributed by atoms with E-state index in [1.54, 1.807) is 22.7 Å². The minimum atomic E-state index is 1.02. The van der Waals surface area contributed by atoms with Crippen molar-refractivity contribution in [2.24, 2.45) is 0 Å². The molecule has 2 rings (SSSR count). The molecule has 0 unspecified atom stereocenters. The van der Waals surface area contributed by atoms with Crippen molar-refractivity contribution < 1.29 is 0 Å². The van der Waals surface area contributed by atoms with E-state index in [2.05, 4.69) is 33.9 Å². The molecule has 0 bridgehead atoms. The van der Waals surface area contributed by atoms with Crippen molar-refractivity contribution in [3.05, 3.63) is 22.0 Å². The molecule has 5 heteroatoms. The lowest BCUT2D eigenvalue weighted by atomic mass is 10.3. The quantitative estimate of drug-likeness (QED) is 0.833. The van der Waals surface area contributed by atoms with Gasteiger partial charge in [-0.05, 0) is 43.9 Å². The smallest absolute Gasteiger partial charge is 0.158 e. The Morgan fingerprint density at radius 1 is 1.38 bits per heavy atom. The zero-order valence-corrected chi connectivity index (χ0v) is 11.1. The minimum Gasteiger partial charge on any atom is -0.320 e. The monoisotopic (exact) mass is 253 g/mol. The van der Waals surface area contributed by atoms with Gasteiger partial charge in [-0.25, -0.2) is 0 Å². The predicted octanol–water partition coefficient (Wildman–Crippen LogP) is 2.73. The summed E-state index contributed by atoms with van der Waals surface area (Å²) in [6.45, 7) is 3.15. The standard InChI is InChI=1S/C11H15N3S2/c1-8-5-7-15-10(8)11-14-13-9(16-11)4-3-6-12-2/h5,7,12H,3-4,6H2,1-2H3. The molecule has 0 saturated heterocycles. The summed E-state index contributed by atoms with van der Waals surface area (Å²) < 4.78 is 0. The van der Waals surface area contributed by atoms with E-state index in [1.807, 2.05) is 7.05 Å². The highest BCUT2D eigenvalue weighted by Gasteiger charge is 2.09. The molecule has 0 aliphatic rings. The van der Waals surface area contributed by atoms with E-state index in [0.29, 0.717) is 0 Å². The maximum atomic E-state index is 4.26. The van der Waals surface area contributed by atoms with Gasteiger partial charge in [0.1, 0.15) is 5.01 Å². The number of nitrogens with zero attached hydrogens (tertiary/aromatic N) is 2. The van der Waals surface area contributed by atoms with Gasteiger partial charge in [-0.3, -0.25) is 0 Å². The van der Waals surface area contributed by atoms with Crippen molar-refractivity contribution in [1.29, 1.82) is 0 Å². The molecule has 0 saturated carbocycles. The topological polar surface area (TPSA) is 37.8 Å². The van der Waals surface area contributed by atoms with Crippen molar-refractivity contribution in [2.75, 3.05) is 13.6 Å². The first-order chi connectivity index (χ1) is 7.81. The number of rotatable bonds is 5. The summed E-state index contributed by atoms with van der Waals surface area (Å²) in [6, 6.07) is 2.13. The second-order valence-corrected chi connectivity index (χ2v) is 5.62. The molecule has 86 valence electrons. The highest BCUT2D eigenvalue weighted by atomic mass is 32.1. The molecule has 0 aliphatic carbocycles. The molecule has 0 radical (unpaired) electrons. The predicted molar refractivity (Wildman–Crippen MR) is 70.2 cm³/mol. The lowest BCUT2D eigenvalue weighted by molar-refractivity contribution is 0.718. The Kier molecular flexibility index (Phi) is 4.04. The van der Waals surface area contributed by atoms with Crippen LogP contribution in [0.3, 0.4) is 0 Å². The van der Waals surface area contributed by atoms with Crippen LogP contribution < -0.4 is 5.32 Å². The number of hydrogen-bond acceptors (Lipinski definition) is 5. The summed E-state index contributed by atoms with van der Waals surface area (Å²) >= 11 is 3.46. The fourth-order valence-electron chi connectivity index (χ4n) is 1.45. The Balaban J connectivity index is 2.05. The summed E-state index contributed by atoms with van der Waals surface area (Å²) in [6.07, 6.45) is 2.14. The van der Waals surface area contributed by atoms with Crippen LogP contribution >= 0.6 is 22.7 Å². The fraction of sp³-hybridized carbons (Fsp3) is 0.455. The van der Waals surface area contributed by atoms with Crippen molar-refractivity contribution in [2.45, 2.75) is 19.8 Å². The van der Waals surface area contributed by atoms with Crippen LogP contribution in [0.2, 0.25) is 0 Å². The Morgan fingerprint density at radius 2 is 2.25 bits per heavy atom. The molecular formula is C11H15N3S2. The molecule has 2 aromatic heterocycles. The minimum absolute atomic E-state index is 1.02. The molecule has 16 heavy (non-hydrogen) atoms. The number of aromatic nitrogens is 2. The molecule has 1 N–H and O–H groups in total. The molecule has 0 aromatic carbocycles. The van der Waals surface area contributed by atoms with Crippen LogP contribution in [0.1, 0.15) is 17.0 Å². The van der Waals surface area contributed by atoms with Crippen molar-refractivity contribution in [3.63, 3.8) is 0 Å². The first kappa shape index (κ1) is 11.7. The Morgan fingerprint density at radius 3 is 2.94 bits per heavy atom. The first-order valence-corrected chi connectivity index (χ1v) is 7.02.